The molecule has 0 spiro atoms. The third kappa shape index (κ3) is 2.66. The number of alkyl halides is 3. The van der Waals surface area contributed by atoms with Crippen LogP contribution in [0.3, 0.4) is 0 Å². The van der Waals surface area contributed by atoms with Gasteiger partial charge in [0.25, 0.3) is 0 Å². The van der Waals surface area contributed by atoms with E-state index in [2.05, 4.69) is 10.3 Å². The standard InChI is InChI=1S/C16H13ClF3N3O3/c17-8-5-7(16(18,19)20)6-22-13(8)21-3-4-23-14(24)11-9-1-2-10(26-9)12(11)15(23)25/h1-2,5-6,9-12H,3-4H2,(H,21,22). The molecule has 4 rings (SSSR count). The molecule has 0 saturated carbocycles. The van der Waals surface area contributed by atoms with Gasteiger partial charge in [0.05, 0.1) is 34.6 Å². The number of pyridine rings is 1. The number of hydrogen-bond donors (Lipinski definition) is 1. The molecule has 2 saturated heterocycles. The van der Waals surface area contributed by atoms with Crippen LogP contribution < -0.4 is 5.32 Å². The Morgan fingerprint density at radius 1 is 1.19 bits per heavy atom. The molecule has 4 atom stereocenters. The van der Waals surface area contributed by atoms with Crippen molar-refractivity contribution in [1.29, 1.82) is 0 Å². The Morgan fingerprint density at radius 3 is 2.35 bits per heavy atom. The first-order chi connectivity index (χ1) is 12.3. The number of likely N-dealkylation sites (tertiary alicyclic amines) is 1. The van der Waals surface area contributed by atoms with E-state index in [1.165, 1.54) is 0 Å². The van der Waals surface area contributed by atoms with Crippen molar-refractivity contribution in [3.05, 3.63) is 35.0 Å². The molecule has 10 heteroatoms. The van der Waals surface area contributed by atoms with Gasteiger partial charge in [-0.2, -0.15) is 13.2 Å². The number of nitrogens with zero attached hydrogens (tertiary/aromatic N) is 2. The number of rotatable bonds is 4. The number of carbonyl (C=O) groups excluding carboxylic acids is 2. The van der Waals surface area contributed by atoms with Crippen molar-refractivity contribution >= 4 is 29.2 Å². The molecule has 0 aliphatic carbocycles. The van der Waals surface area contributed by atoms with Gasteiger partial charge in [-0.3, -0.25) is 14.5 Å². The molecule has 2 amide bonds. The summed E-state index contributed by atoms with van der Waals surface area (Å²) in [6, 6.07) is 0.772. The molecule has 2 bridgehead atoms. The second kappa shape index (κ2) is 5.95. The SMILES string of the molecule is O=C1C2C3C=CC(O3)C2C(=O)N1CCNc1ncc(C(F)(F)F)cc1Cl. The number of ether oxygens (including phenoxy) is 1. The van der Waals surface area contributed by atoms with E-state index < -0.39 is 23.6 Å². The van der Waals surface area contributed by atoms with Crippen LogP contribution in [0.15, 0.2) is 24.4 Å². The molecule has 1 aromatic rings. The van der Waals surface area contributed by atoms with Crippen molar-refractivity contribution in [3.63, 3.8) is 0 Å². The van der Waals surface area contributed by atoms with Gasteiger partial charge in [0.15, 0.2) is 0 Å². The molecule has 1 aromatic heterocycles. The van der Waals surface area contributed by atoms with Crippen LogP contribution in [-0.2, 0) is 20.5 Å². The van der Waals surface area contributed by atoms with Crippen LogP contribution in [0.25, 0.3) is 0 Å². The molecular weight excluding hydrogens is 375 g/mol. The highest BCUT2D eigenvalue weighted by Gasteiger charge is 2.60. The Morgan fingerprint density at radius 2 is 1.81 bits per heavy atom. The van der Waals surface area contributed by atoms with Gasteiger partial charge in [0, 0.05) is 19.3 Å². The maximum absolute atomic E-state index is 12.6. The molecule has 1 N–H and O–H groups in total. The number of hydrogen-bond acceptors (Lipinski definition) is 5. The number of amides is 2. The van der Waals surface area contributed by atoms with E-state index in [1.807, 2.05) is 0 Å². The molecule has 26 heavy (non-hydrogen) atoms. The predicted octanol–water partition coefficient (Wildman–Crippen LogP) is 2.10. The first-order valence-corrected chi connectivity index (χ1v) is 8.31. The molecule has 2 fully saturated rings. The summed E-state index contributed by atoms with van der Waals surface area (Å²) in [5, 5.41) is 2.57. The van der Waals surface area contributed by atoms with E-state index in [-0.39, 0.29) is 48.0 Å². The maximum Gasteiger partial charge on any atom is 0.417 e. The maximum atomic E-state index is 12.6. The van der Waals surface area contributed by atoms with Gasteiger partial charge >= 0.3 is 6.18 Å². The molecule has 3 aliphatic rings. The highest BCUT2D eigenvalue weighted by Crippen LogP contribution is 2.44. The fourth-order valence-corrected chi connectivity index (χ4v) is 3.83. The third-order valence-electron chi connectivity index (χ3n) is 4.80. The van der Waals surface area contributed by atoms with Gasteiger partial charge in [-0.15, -0.1) is 0 Å². The normalized spacial score (nSPS) is 29.6. The van der Waals surface area contributed by atoms with Crippen molar-refractivity contribution in [3.8, 4) is 0 Å². The molecule has 0 aromatic carbocycles. The summed E-state index contributed by atoms with van der Waals surface area (Å²) >= 11 is 5.82. The second-order valence-electron chi connectivity index (χ2n) is 6.31. The van der Waals surface area contributed by atoms with Crippen molar-refractivity contribution in [2.45, 2.75) is 18.4 Å². The van der Waals surface area contributed by atoms with E-state index in [1.54, 1.807) is 12.2 Å². The van der Waals surface area contributed by atoms with Crippen LogP contribution in [-0.4, -0.2) is 47.0 Å². The number of aromatic nitrogens is 1. The van der Waals surface area contributed by atoms with E-state index in [0.29, 0.717) is 6.20 Å². The monoisotopic (exact) mass is 387 g/mol. The molecule has 3 aliphatic heterocycles. The van der Waals surface area contributed by atoms with Crippen LogP contribution in [0.4, 0.5) is 19.0 Å². The van der Waals surface area contributed by atoms with Gasteiger partial charge in [-0.05, 0) is 6.07 Å². The highest BCUT2D eigenvalue weighted by atomic mass is 35.5. The van der Waals surface area contributed by atoms with Crippen molar-refractivity contribution in [1.82, 2.24) is 9.88 Å². The quantitative estimate of drug-likeness (QED) is 0.633. The van der Waals surface area contributed by atoms with Gasteiger partial charge < -0.3 is 10.1 Å². The molecule has 4 unspecified atom stereocenters. The van der Waals surface area contributed by atoms with Crippen molar-refractivity contribution in [2.75, 3.05) is 18.4 Å². The van der Waals surface area contributed by atoms with Crippen LogP contribution in [0.1, 0.15) is 5.56 Å². The van der Waals surface area contributed by atoms with Gasteiger partial charge in [0.2, 0.25) is 11.8 Å². The number of fused-ring (bicyclic) bond motifs is 5. The Labute approximate surface area is 151 Å². The Hall–Kier alpha value is -2.13. The minimum atomic E-state index is -4.53. The third-order valence-corrected chi connectivity index (χ3v) is 5.09. The zero-order valence-electron chi connectivity index (χ0n) is 13.2. The van der Waals surface area contributed by atoms with Crippen LogP contribution in [0.5, 0.6) is 0 Å². The fraction of sp³-hybridized carbons (Fsp3) is 0.438. The average molecular weight is 388 g/mol. The van der Waals surface area contributed by atoms with Crippen LogP contribution in [0, 0.1) is 11.8 Å². The van der Waals surface area contributed by atoms with Gasteiger partial charge in [0.1, 0.15) is 5.82 Å². The summed E-state index contributed by atoms with van der Waals surface area (Å²) < 4.78 is 43.4. The lowest BCUT2D eigenvalue weighted by molar-refractivity contribution is -0.142. The van der Waals surface area contributed by atoms with Crippen molar-refractivity contribution in [2.24, 2.45) is 11.8 Å². The number of halogens is 4. The van der Waals surface area contributed by atoms with E-state index in [4.69, 9.17) is 16.3 Å². The molecule has 4 heterocycles. The molecular formula is C16H13ClF3N3O3. The Balaban J connectivity index is 1.39. The predicted molar refractivity (Wildman–Crippen MR) is 84.2 cm³/mol. The lowest BCUT2D eigenvalue weighted by Gasteiger charge is -2.18. The first-order valence-electron chi connectivity index (χ1n) is 7.93. The van der Waals surface area contributed by atoms with Crippen LogP contribution >= 0.6 is 11.6 Å². The molecule has 6 nitrogen and oxygen atoms in total. The number of anilines is 1. The smallest absolute Gasteiger partial charge is 0.367 e. The van der Waals surface area contributed by atoms with E-state index in [9.17, 15) is 22.8 Å². The Bertz CT molecular complexity index is 784. The molecule has 138 valence electrons. The first kappa shape index (κ1) is 17.3. The zero-order chi connectivity index (χ0) is 18.6. The summed E-state index contributed by atoms with van der Waals surface area (Å²) in [6.07, 6.45) is -0.978. The minimum absolute atomic E-state index is 0.0593. The van der Waals surface area contributed by atoms with Crippen LogP contribution in [0.2, 0.25) is 5.02 Å². The van der Waals surface area contributed by atoms with Gasteiger partial charge in [-0.25, -0.2) is 4.98 Å². The number of nitrogens with one attached hydrogen (secondary N) is 1. The zero-order valence-corrected chi connectivity index (χ0v) is 13.9. The summed E-state index contributed by atoms with van der Waals surface area (Å²) in [6.45, 7) is 0.196. The molecule has 0 radical (unpaired) electrons. The van der Waals surface area contributed by atoms with E-state index in [0.717, 1.165) is 11.0 Å². The van der Waals surface area contributed by atoms with Gasteiger partial charge in [-0.1, -0.05) is 23.8 Å². The van der Waals surface area contributed by atoms with Crippen molar-refractivity contribution < 1.29 is 27.5 Å². The second-order valence-corrected chi connectivity index (χ2v) is 6.72. The fourth-order valence-electron chi connectivity index (χ4n) is 3.59. The number of imide groups is 1. The highest BCUT2D eigenvalue weighted by molar-refractivity contribution is 6.33. The average Bonchev–Trinajstić information content (AvgIpc) is 3.24. The summed E-state index contributed by atoms with van der Waals surface area (Å²) in [5.74, 6) is -1.48. The minimum Gasteiger partial charge on any atom is -0.367 e. The Kier molecular flexibility index (Phi) is 3.96. The summed E-state index contributed by atoms with van der Waals surface area (Å²) in [7, 11) is 0. The topological polar surface area (TPSA) is 71.5 Å². The largest absolute Gasteiger partial charge is 0.417 e. The lowest BCUT2D eigenvalue weighted by atomic mass is 9.85. The van der Waals surface area contributed by atoms with E-state index >= 15 is 0 Å². The number of carbonyl (C=O) groups is 2. The lowest BCUT2D eigenvalue weighted by Crippen LogP contribution is -2.37. The summed E-state index contributed by atoms with van der Waals surface area (Å²) in [5.41, 5.74) is -0.950. The summed E-state index contributed by atoms with van der Waals surface area (Å²) in [4.78, 5) is 29.7.